The number of nitrogens with zero attached hydrogens (tertiary/aromatic N) is 1. The monoisotopic (exact) mass is 168 g/mol. The van der Waals surface area contributed by atoms with E-state index < -0.39 is 0 Å². The summed E-state index contributed by atoms with van der Waals surface area (Å²) >= 11 is 0. The van der Waals surface area contributed by atoms with Crippen molar-refractivity contribution in [2.45, 2.75) is 26.2 Å². The fraction of sp³-hybridized carbons (Fsp3) is 0.667. The lowest BCUT2D eigenvalue weighted by molar-refractivity contribution is -0.114. The number of carbonyl (C=O) groups excluding carboxylic acids is 1. The van der Waals surface area contributed by atoms with Crippen molar-refractivity contribution in [3.8, 4) is 0 Å². The molecule has 12 heavy (non-hydrogen) atoms. The number of rotatable bonds is 2. The summed E-state index contributed by atoms with van der Waals surface area (Å²) in [7, 11) is 0. The van der Waals surface area contributed by atoms with Gasteiger partial charge >= 0.3 is 0 Å². The highest BCUT2D eigenvalue weighted by molar-refractivity contribution is 5.91. The van der Waals surface area contributed by atoms with Crippen molar-refractivity contribution >= 4 is 5.91 Å². The number of carbonyl (C=O) groups is 1. The van der Waals surface area contributed by atoms with Gasteiger partial charge in [-0.3, -0.25) is 4.79 Å². The molecular weight excluding hydrogens is 152 g/mol. The van der Waals surface area contributed by atoms with Crippen LogP contribution in [0.25, 0.3) is 0 Å². The Kier molecular flexibility index (Phi) is 3.14. The molecule has 1 amide bonds. The van der Waals surface area contributed by atoms with Gasteiger partial charge in [0, 0.05) is 24.9 Å². The van der Waals surface area contributed by atoms with Crippen molar-refractivity contribution in [1.82, 2.24) is 4.90 Å². The Morgan fingerprint density at radius 2 is 1.92 bits per heavy atom. The van der Waals surface area contributed by atoms with Gasteiger partial charge < -0.3 is 10.6 Å². The van der Waals surface area contributed by atoms with Crippen molar-refractivity contribution in [2.75, 3.05) is 13.1 Å². The van der Waals surface area contributed by atoms with Crippen molar-refractivity contribution < 1.29 is 4.79 Å². The van der Waals surface area contributed by atoms with Gasteiger partial charge in [0.25, 0.3) is 0 Å². The molecule has 0 spiro atoms. The summed E-state index contributed by atoms with van der Waals surface area (Å²) in [6.07, 6.45) is 5.63. The number of piperidine rings is 1. The number of nitrogens with two attached hydrogens (primary N) is 1. The van der Waals surface area contributed by atoms with Gasteiger partial charge in [-0.25, -0.2) is 0 Å². The lowest BCUT2D eigenvalue weighted by Gasteiger charge is -2.25. The number of likely N-dealkylation sites (tertiary alicyclic amines) is 1. The SMILES string of the molecule is CC(=CN1CCCCC1)C(N)=O. The lowest BCUT2D eigenvalue weighted by Crippen LogP contribution is -2.26. The van der Waals surface area contributed by atoms with Crippen molar-refractivity contribution in [1.29, 1.82) is 0 Å². The molecule has 0 aromatic rings. The molecular formula is C9H16N2O. The third kappa shape index (κ3) is 2.57. The molecule has 1 heterocycles. The predicted molar refractivity (Wildman–Crippen MR) is 48.4 cm³/mol. The van der Waals surface area contributed by atoms with Gasteiger partial charge in [-0.15, -0.1) is 0 Å². The van der Waals surface area contributed by atoms with Crippen LogP contribution in [0.1, 0.15) is 26.2 Å². The van der Waals surface area contributed by atoms with Gasteiger partial charge in [0.15, 0.2) is 0 Å². The summed E-state index contributed by atoms with van der Waals surface area (Å²) in [5.74, 6) is -0.319. The Bertz CT molecular complexity index is 193. The van der Waals surface area contributed by atoms with Crippen LogP contribution in [0.3, 0.4) is 0 Å². The van der Waals surface area contributed by atoms with Crippen LogP contribution in [0, 0.1) is 0 Å². The molecule has 3 nitrogen and oxygen atoms in total. The highest BCUT2D eigenvalue weighted by atomic mass is 16.1. The molecule has 1 saturated heterocycles. The zero-order valence-corrected chi connectivity index (χ0v) is 7.55. The summed E-state index contributed by atoms with van der Waals surface area (Å²) in [6, 6.07) is 0. The Morgan fingerprint density at radius 1 is 1.33 bits per heavy atom. The molecule has 1 rings (SSSR count). The van der Waals surface area contributed by atoms with E-state index in [1.54, 1.807) is 6.92 Å². The minimum Gasteiger partial charge on any atom is -0.377 e. The van der Waals surface area contributed by atoms with Crippen molar-refractivity contribution in [2.24, 2.45) is 5.73 Å². The van der Waals surface area contributed by atoms with E-state index in [0.717, 1.165) is 13.1 Å². The van der Waals surface area contributed by atoms with Crippen molar-refractivity contribution in [3.05, 3.63) is 11.8 Å². The van der Waals surface area contributed by atoms with Gasteiger partial charge in [-0.05, 0) is 26.2 Å². The van der Waals surface area contributed by atoms with Crippen LogP contribution in [0.4, 0.5) is 0 Å². The Labute approximate surface area is 73.2 Å². The molecule has 3 heteroatoms. The van der Waals surface area contributed by atoms with Crippen molar-refractivity contribution in [3.63, 3.8) is 0 Å². The number of amides is 1. The maximum Gasteiger partial charge on any atom is 0.245 e. The second-order valence-electron chi connectivity index (χ2n) is 3.27. The molecule has 0 radical (unpaired) electrons. The number of primary amides is 1. The molecule has 0 saturated carbocycles. The molecule has 0 bridgehead atoms. The van der Waals surface area contributed by atoms with E-state index in [2.05, 4.69) is 4.90 Å². The highest BCUT2D eigenvalue weighted by Gasteiger charge is 2.07. The van der Waals surface area contributed by atoms with Gasteiger partial charge in [0.1, 0.15) is 0 Å². The number of hydrogen-bond donors (Lipinski definition) is 1. The van der Waals surface area contributed by atoms with Crippen LogP contribution < -0.4 is 5.73 Å². The zero-order chi connectivity index (χ0) is 8.97. The topological polar surface area (TPSA) is 46.3 Å². The second-order valence-corrected chi connectivity index (χ2v) is 3.27. The smallest absolute Gasteiger partial charge is 0.245 e. The maximum atomic E-state index is 10.7. The largest absolute Gasteiger partial charge is 0.377 e. The Morgan fingerprint density at radius 3 is 2.42 bits per heavy atom. The Hall–Kier alpha value is -0.990. The highest BCUT2D eigenvalue weighted by Crippen LogP contribution is 2.09. The van der Waals surface area contributed by atoms with Crippen LogP contribution in [0.2, 0.25) is 0 Å². The van der Waals surface area contributed by atoms with E-state index in [1.807, 2.05) is 6.20 Å². The molecule has 0 aromatic carbocycles. The first-order valence-corrected chi connectivity index (χ1v) is 4.42. The molecule has 1 fully saturated rings. The summed E-state index contributed by atoms with van der Waals surface area (Å²) in [6.45, 7) is 3.88. The fourth-order valence-electron chi connectivity index (χ4n) is 1.38. The second kappa shape index (κ2) is 4.14. The quantitative estimate of drug-likeness (QED) is 0.622. The zero-order valence-electron chi connectivity index (χ0n) is 7.55. The van der Waals surface area contributed by atoms with E-state index in [9.17, 15) is 4.79 Å². The van der Waals surface area contributed by atoms with Gasteiger partial charge in [-0.1, -0.05) is 0 Å². The van der Waals surface area contributed by atoms with E-state index in [1.165, 1.54) is 19.3 Å². The molecule has 1 aliphatic rings. The van der Waals surface area contributed by atoms with Crippen LogP contribution in [-0.2, 0) is 4.79 Å². The third-order valence-electron chi connectivity index (χ3n) is 2.16. The molecule has 2 N–H and O–H groups in total. The number of hydrogen-bond acceptors (Lipinski definition) is 2. The first-order chi connectivity index (χ1) is 5.70. The third-order valence-corrected chi connectivity index (χ3v) is 2.16. The summed E-state index contributed by atoms with van der Waals surface area (Å²) < 4.78 is 0. The molecule has 0 atom stereocenters. The minimum atomic E-state index is -0.319. The average molecular weight is 168 g/mol. The van der Waals surface area contributed by atoms with E-state index in [0.29, 0.717) is 5.57 Å². The summed E-state index contributed by atoms with van der Waals surface area (Å²) in [5.41, 5.74) is 5.77. The summed E-state index contributed by atoms with van der Waals surface area (Å²) in [4.78, 5) is 12.9. The maximum absolute atomic E-state index is 10.7. The fourth-order valence-corrected chi connectivity index (χ4v) is 1.38. The van der Waals surface area contributed by atoms with Gasteiger partial charge in [-0.2, -0.15) is 0 Å². The van der Waals surface area contributed by atoms with Gasteiger partial charge in [0.05, 0.1) is 0 Å². The molecule has 0 unspecified atom stereocenters. The predicted octanol–water partition coefficient (Wildman–Crippen LogP) is 0.861. The Balaban J connectivity index is 2.47. The van der Waals surface area contributed by atoms with Gasteiger partial charge in [0.2, 0.25) is 5.91 Å². The van der Waals surface area contributed by atoms with E-state index >= 15 is 0 Å². The van der Waals surface area contributed by atoms with Crippen LogP contribution in [0.15, 0.2) is 11.8 Å². The minimum absolute atomic E-state index is 0.319. The molecule has 1 aliphatic heterocycles. The van der Waals surface area contributed by atoms with E-state index in [4.69, 9.17) is 5.73 Å². The summed E-state index contributed by atoms with van der Waals surface area (Å²) in [5, 5.41) is 0. The van der Waals surface area contributed by atoms with Crippen LogP contribution >= 0.6 is 0 Å². The average Bonchev–Trinajstić information content (AvgIpc) is 2.06. The first-order valence-electron chi connectivity index (χ1n) is 4.42. The standard InChI is InChI=1S/C9H16N2O/c1-8(9(10)12)7-11-5-3-2-4-6-11/h7H,2-6H2,1H3,(H2,10,12). The van der Waals surface area contributed by atoms with E-state index in [-0.39, 0.29) is 5.91 Å². The first kappa shape index (κ1) is 9.10. The lowest BCUT2D eigenvalue weighted by atomic mass is 10.1. The normalized spacial score (nSPS) is 19.4. The molecule has 0 aromatic heterocycles. The molecule has 0 aliphatic carbocycles. The van der Waals surface area contributed by atoms with Crippen LogP contribution in [0.5, 0.6) is 0 Å². The molecule has 68 valence electrons. The van der Waals surface area contributed by atoms with Crippen LogP contribution in [-0.4, -0.2) is 23.9 Å².